The van der Waals surface area contributed by atoms with Gasteiger partial charge in [-0.2, -0.15) is 0 Å². The maximum atomic E-state index is 6.05. The Morgan fingerprint density at radius 3 is 2.58 bits per heavy atom. The lowest BCUT2D eigenvalue weighted by atomic mass is 10.1. The van der Waals surface area contributed by atoms with Crippen LogP contribution in [0.5, 0.6) is 5.75 Å². The van der Waals surface area contributed by atoms with Crippen LogP contribution in [0.25, 0.3) is 0 Å². The minimum atomic E-state index is 0.635. The third kappa shape index (κ3) is 4.44. The van der Waals surface area contributed by atoms with Crippen LogP contribution in [0.4, 0.5) is 5.69 Å². The van der Waals surface area contributed by atoms with Gasteiger partial charge >= 0.3 is 0 Å². The molecule has 2 rings (SSSR count). The van der Waals surface area contributed by atoms with Crippen molar-refractivity contribution in [3.05, 3.63) is 57.5 Å². The Hall–Kier alpha value is -1.19. The van der Waals surface area contributed by atoms with Crippen molar-refractivity contribution in [1.29, 1.82) is 0 Å². The van der Waals surface area contributed by atoms with E-state index in [0.29, 0.717) is 17.4 Å². The fourth-order valence-electron chi connectivity index (χ4n) is 1.73. The molecule has 2 aromatic carbocycles. The highest BCUT2D eigenvalue weighted by molar-refractivity contribution is 9.10. The second kappa shape index (κ2) is 6.83. The van der Waals surface area contributed by atoms with Gasteiger partial charge in [-0.05, 0) is 48.7 Å². The summed E-state index contributed by atoms with van der Waals surface area (Å²) in [6.45, 7) is 0.639. The van der Waals surface area contributed by atoms with Crippen molar-refractivity contribution in [2.45, 2.75) is 12.8 Å². The van der Waals surface area contributed by atoms with Crippen molar-refractivity contribution in [1.82, 2.24) is 0 Å². The van der Waals surface area contributed by atoms with E-state index in [-0.39, 0.29) is 0 Å². The third-order valence-electron chi connectivity index (χ3n) is 2.74. The molecule has 0 aliphatic rings. The Balaban J connectivity index is 1.80. The summed E-state index contributed by atoms with van der Waals surface area (Å²) in [6.07, 6.45) is 1.90. The summed E-state index contributed by atoms with van der Waals surface area (Å²) >= 11 is 9.45. The number of hydrogen-bond acceptors (Lipinski definition) is 2. The number of hydrogen-bond donors (Lipinski definition) is 1. The second-order valence-corrected chi connectivity index (χ2v) is 5.59. The van der Waals surface area contributed by atoms with Crippen LogP contribution < -0.4 is 10.5 Å². The number of nitrogens with two attached hydrogens (primary N) is 1. The van der Waals surface area contributed by atoms with Crippen molar-refractivity contribution >= 4 is 33.2 Å². The normalized spacial score (nSPS) is 10.4. The molecule has 100 valence electrons. The van der Waals surface area contributed by atoms with Crippen molar-refractivity contribution in [2.75, 3.05) is 12.3 Å². The first-order valence-corrected chi connectivity index (χ1v) is 7.24. The van der Waals surface area contributed by atoms with Crippen LogP contribution in [-0.4, -0.2) is 6.61 Å². The molecule has 0 fully saturated rings. The van der Waals surface area contributed by atoms with Gasteiger partial charge in [0.2, 0.25) is 0 Å². The van der Waals surface area contributed by atoms with Gasteiger partial charge in [-0.25, -0.2) is 0 Å². The van der Waals surface area contributed by atoms with E-state index in [4.69, 9.17) is 22.1 Å². The largest absolute Gasteiger partial charge is 0.492 e. The van der Waals surface area contributed by atoms with Crippen LogP contribution in [0.2, 0.25) is 5.02 Å². The van der Waals surface area contributed by atoms with Gasteiger partial charge in [-0.1, -0.05) is 39.7 Å². The maximum Gasteiger partial charge on any atom is 0.139 e. The molecule has 0 saturated heterocycles. The fraction of sp³-hybridized carbons (Fsp3) is 0.200. The smallest absolute Gasteiger partial charge is 0.139 e. The molecule has 0 aliphatic carbocycles. The van der Waals surface area contributed by atoms with Gasteiger partial charge in [0.25, 0.3) is 0 Å². The van der Waals surface area contributed by atoms with Gasteiger partial charge in [-0.3, -0.25) is 0 Å². The van der Waals surface area contributed by atoms with E-state index >= 15 is 0 Å². The summed E-state index contributed by atoms with van der Waals surface area (Å²) in [6, 6.07) is 13.5. The van der Waals surface area contributed by atoms with Crippen LogP contribution in [-0.2, 0) is 6.42 Å². The predicted molar refractivity (Wildman–Crippen MR) is 83.8 cm³/mol. The van der Waals surface area contributed by atoms with E-state index in [1.165, 1.54) is 5.56 Å². The lowest BCUT2D eigenvalue weighted by molar-refractivity contribution is 0.311. The van der Waals surface area contributed by atoms with Gasteiger partial charge in [0.1, 0.15) is 5.75 Å². The molecular formula is C15H15BrClNO. The maximum absolute atomic E-state index is 6.05. The summed E-state index contributed by atoms with van der Waals surface area (Å²) in [5.41, 5.74) is 7.70. The fourth-order valence-corrected chi connectivity index (χ4v) is 2.24. The summed E-state index contributed by atoms with van der Waals surface area (Å²) in [4.78, 5) is 0. The van der Waals surface area contributed by atoms with Crippen LogP contribution in [0.3, 0.4) is 0 Å². The van der Waals surface area contributed by atoms with E-state index in [0.717, 1.165) is 23.0 Å². The molecule has 0 atom stereocenters. The molecule has 0 unspecified atom stereocenters. The standard InChI is InChI=1S/C15H15BrClNO/c16-12-5-8-14(17)15(10-12)19-9-1-2-11-3-6-13(18)7-4-11/h3-8,10H,1-2,9,18H2. The highest BCUT2D eigenvalue weighted by Gasteiger charge is 2.02. The minimum Gasteiger partial charge on any atom is -0.492 e. The predicted octanol–water partition coefficient (Wildman–Crippen LogP) is 4.70. The molecule has 0 radical (unpaired) electrons. The summed E-state index contributed by atoms with van der Waals surface area (Å²) in [5.74, 6) is 0.716. The molecule has 0 amide bonds. The zero-order valence-corrected chi connectivity index (χ0v) is 12.7. The van der Waals surface area contributed by atoms with Crippen LogP contribution in [0.15, 0.2) is 46.9 Å². The van der Waals surface area contributed by atoms with Gasteiger partial charge in [-0.15, -0.1) is 0 Å². The molecule has 0 heterocycles. The van der Waals surface area contributed by atoms with Crippen LogP contribution in [0, 0.1) is 0 Å². The molecule has 0 aliphatic heterocycles. The van der Waals surface area contributed by atoms with Crippen LogP contribution >= 0.6 is 27.5 Å². The molecule has 2 N–H and O–H groups in total. The number of anilines is 1. The summed E-state index contributed by atoms with van der Waals surface area (Å²) < 4.78 is 6.64. The minimum absolute atomic E-state index is 0.635. The van der Waals surface area contributed by atoms with E-state index in [1.807, 2.05) is 42.5 Å². The lowest BCUT2D eigenvalue weighted by Crippen LogP contribution is -2.00. The number of ether oxygens (including phenoxy) is 1. The zero-order valence-electron chi connectivity index (χ0n) is 10.4. The third-order valence-corrected chi connectivity index (χ3v) is 3.55. The number of halogens is 2. The number of rotatable bonds is 5. The second-order valence-electron chi connectivity index (χ2n) is 4.27. The van der Waals surface area contributed by atoms with E-state index in [2.05, 4.69) is 15.9 Å². The quantitative estimate of drug-likeness (QED) is 0.632. The molecule has 0 spiro atoms. The molecule has 2 aromatic rings. The van der Waals surface area contributed by atoms with E-state index in [1.54, 1.807) is 0 Å². The Bertz CT molecular complexity index is 542. The molecule has 19 heavy (non-hydrogen) atoms. The first kappa shape index (κ1) is 14.2. The highest BCUT2D eigenvalue weighted by Crippen LogP contribution is 2.28. The van der Waals surface area contributed by atoms with Crippen molar-refractivity contribution < 1.29 is 4.74 Å². The van der Waals surface area contributed by atoms with Crippen molar-refractivity contribution in [3.63, 3.8) is 0 Å². The van der Waals surface area contributed by atoms with E-state index in [9.17, 15) is 0 Å². The number of benzene rings is 2. The zero-order chi connectivity index (χ0) is 13.7. The topological polar surface area (TPSA) is 35.2 Å². The average Bonchev–Trinajstić information content (AvgIpc) is 2.40. The Labute approximate surface area is 126 Å². The number of aryl methyl sites for hydroxylation is 1. The van der Waals surface area contributed by atoms with Crippen molar-refractivity contribution in [3.8, 4) is 5.75 Å². The SMILES string of the molecule is Nc1ccc(CCCOc2cc(Br)ccc2Cl)cc1. The number of nitrogen functional groups attached to an aromatic ring is 1. The molecule has 2 nitrogen and oxygen atoms in total. The summed E-state index contributed by atoms with van der Waals surface area (Å²) in [5, 5.41) is 0.635. The molecule has 0 bridgehead atoms. The van der Waals surface area contributed by atoms with Gasteiger partial charge < -0.3 is 10.5 Å². The molecule has 0 aromatic heterocycles. The molecule has 0 saturated carbocycles. The van der Waals surface area contributed by atoms with Crippen LogP contribution in [0.1, 0.15) is 12.0 Å². The first-order chi connectivity index (χ1) is 9.15. The van der Waals surface area contributed by atoms with Crippen molar-refractivity contribution in [2.24, 2.45) is 0 Å². The average molecular weight is 341 g/mol. The van der Waals surface area contributed by atoms with Gasteiger partial charge in [0.05, 0.1) is 11.6 Å². The van der Waals surface area contributed by atoms with Gasteiger partial charge in [0.15, 0.2) is 0 Å². The molecular weight excluding hydrogens is 326 g/mol. The Kier molecular flexibility index (Phi) is 5.11. The molecule has 4 heteroatoms. The first-order valence-electron chi connectivity index (χ1n) is 6.07. The Morgan fingerprint density at radius 2 is 1.84 bits per heavy atom. The highest BCUT2D eigenvalue weighted by atomic mass is 79.9. The van der Waals surface area contributed by atoms with Gasteiger partial charge in [0, 0.05) is 10.2 Å². The lowest BCUT2D eigenvalue weighted by Gasteiger charge is -2.08. The van der Waals surface area contributed by atoms with E-state index < -0.39 is 0 Å². The summed E-state index contributed by atoms with van der Waals surface area (Å²) in [7, 11) is 0. The monoisotopic (exact) mass is 339 g/mol. The Morgan fingerprint density at radius 1 is 1.11 bits per heavy atom.